The molecule has 0 N–H and O–H groups in total. The molecule has 0 aromatic carbocycles. The summed E-state index contributed by atoms with van der Waals surface area (Å²) in [4.78, 5) is 2.41. The van der Waals surface area contributed by atoms with Gasteiger partial charge >= 0.3 is 0 Å². The number of aromatic nitrogens is 2. The Morgan fingerprint density at radius 2 is 2.08 bits per heavy atom. The molecule has 0 saturated carbocycles. The van der Waals surface area contributed by atoms with Crippen LogP contribution in [0.4, 0.5) is 0 Å². The van der Waals surface area contributed by atoms with E-state index in [1.54, 1.807) is 0 Å². The summed E-state index contributed by atoms with van der Waals surface area (Å²) >= 11 is 0. The Balaban J connectivity index is 1.35. The van der Waals surface area contributed by atoms with Crippen LogP contribution in [-0.4, -0.2) is 47.7 Å². The Morgan fingerprint density at radius 1 is 1.20 bits per heavy atom. The predicted octanol–water partition coefficient (Wildman–Crippen LogP) is 2.78. The van der Waals surface area contributed by atoms with Crippen molar-refractivity contribution < 1.29 is 13.9 Å². The van der Waals surface area contributed by atoms with Crippen LogP contribution in [0.25, 0.3) is 0 Å². The van der Waals surface area contributed by atoms with Crippen molar-refractivity contribution in [2.24, 2.45) is 5.92 Å². The molecule has 4 rings (SSSR count). The second kappa shape index (κ2) is 7.72. The lowest BCUT2D eigenvalue weighted by atomic mass is 10.0. The largest absolute Gasteiger partial charge is 0.465 e. The van der Waals surface area contributed by atoms with E-state index in [1.807, 2.05) is 19.2 Å². The third-order valence-corrected chi connectivity index (χ3v) is 5.13. The molecular weight excluding hydrogens is 318 g/mol. The Labute approximate surface area is 148 Å². The van der Waals surface area contributed by atoms with E-state index in [0.29, 0.717) is 12.5 Å². The normalized spacial score (nSPS) is 22.2. The molecule has 6 heteroatoms. The van der Waals surface area contributed by atoms with Gasteiger partial charge in [-0.2, -0.15) is 5.10 Å². The monoisotopic (exact) mass is 345 g/mol. The van der Waals surface area contributed by atoms with E-state index in [2.05, 4.69) is 26.8 Å². The molecule has 25 heavy (non-hydrogen) atoms. The van der Waals surface area contributed by atoms with E-state index in [0.717, 1.165) is 63.8 Å². The van der Waals surface area contributed by atoms with Gasteiger partial charge in [-0.15, -0.1) is 0 Å². The van der Waals surface area contributed by atoms with E-state index < -0.39 is 0 Å². The first-order chi connectivity index (χ1) is 12.3. The number of ether oxygens (including phenoxy) is 2. The van der Waals surface area contributed by atoms with Crippen molar-refractivity contribution >= 4 is 0 Å². The van der Waals surface area contributed by atoms with Crippen LogP contribution < -0.4 is 0 Å². The minimum absolute atomic E-state index is 0.259. The van der Waals surface area contributed by atoms with Crippen LogP contribution in [0.3, 0.4) is 0 Å². The molecule has 1 fully saturated rings. The van der Waals surface area contributed by atoms with Crippen LogP contribution in [0, 0.1) is 12.8 Å². The summed E-state index contributed by atoms with van der Waals surface area (Å²) in [5.74, 6) is 2.62. The number of nitrogens with zero attached hydrogens (tertiary/aromatic N) is 3. The molecule has 0 spiro atoms. The highest BCUT2D eigenvalue weighted by Gasteiger charge is 2.26. The fourth-order valence-electron chi connectivity index (χ4n) is 3.78. The molecule has 0 amide bonds. The van der Waals surface area contributed by atoms with Gasteiger partial charge in [-0.3, -0.25) is 9.58 Å². The highest BCUT2D eigenvalue weighted by molar-refractivity contribution is 5.08. The van der Waals surface area contributed by atoms with E-state index >= 15 is 0 Å². The SMILES string of the molecule is Cc1ccc(CN2Cc3ccnn3[C@H](COCC3CCOCC3)C2)o1. The average Bonchev–Trinajstić information content (AvgIpc) is 3.25. The lowest BCUT2D eigenvalue weighted by Gasteiger charge is -2.33. The highest BCUT2D eigenvalue weighted by atomic mass is 16.5. The van der Waals surface area contributed by atoms with Crippen LogP contribution in [0.2, 0.25) is 0 Å². The van der Waals surface area contributed by atoms with Gasteiger partial charge in [0.1, 0.15) is 11.5 Å². The molecule has 136 valence electrons. The fraction of sp³-hybridized carbons (Fsp3) is 0.632. The summed E-state index contributed by atoms with van der Waals surface area (Å²) in [5, 5.41) is 4.52. The standard InChI is InChI=1S/C19H27N3O3/c1-15-2-3-19(25-15)12-21-10-17-4-7-20-22(17)18(11-21)14-24-13-16-5-8-23-9-6-16/h2-4,7,16,18H,5-6,8-14H2,1H3/t18-/m0/s1. The third kappa shape index (κ3) is 4.14. The van der Waals surface area contributed by atoms with Gasteiger partial charge < -0.3 is 13.9 Å². The van der Waals surface area contributed by atoms with Crippen molar-refractivity contribution in [2.75, 3.05) is 33.0 Å². The van der Waals surface area contributed by atoms with E-state index in [9.17, 15) is 0 Å². The van der Waals surface area contributed by atoms with Crippen molar-refractivity contribution in [1.82, 2.24) is 14.7 Å². The molecule has 4 heterocycles. The molecule has 1 atom stereocenters. The Hall–Kier alpha value is -1.63. The van der Waals surface area contributed by atoms with Crippen LogP contribution in [0.5, 0.6) is 0 Å². The third-order valence-electron chi connectivity index (χ3n) is 5.13. The predicted molar refractivity (Wildman–Crippen MR) is 93.2 cm³/mol. The van der Waals surface area contributed by atoms with Crippen molar-refractivity contribution in [2.45, 2.75) is 38.9 Å². The maximum atomic E-state index is 6.08. The molecule has 1 saturated heterocycles. The smallest absolute Gasteiger partial charge is 0.118 e. The van der Waals surface area contributed by atoms with Gasteiger partial charge in [-0.1, -0.05) is 0 Å². The van der Waals surface area contributed by atoms with Crippen LogP contribution >= 0.6 is 0 Å². The molecule has 0 aliphatic carbocycles. The number of fused-ring (bicyclic) bond motifs is 1. The topological polar surface area (TPSA) is 52.7 Å². The number of aryl methyl sites for hydroxylation is 1. The first-order valence-corrected chi connectivity index (χ1v) is 9.23. The van der Waals surface area contributed by atoms with Crippen molar-refractivity contribution in [3.63, 3.8) is 0 Å². The zero-order valence-corrected chi connectivity index (χ0v) is 14.9. The summed E-state index contributed by atoms with van der Waals surface area (Å²) < 4.78 is 19.4. The summed E-state index contributed by atoms with van der Waals surface area (Å²) in [6, 6.07) is 6.45. The van der Waals surface area contributed by atoms with Gasteiger partial charge in [-0.25, -0.2) is 0 Å². The van der Waals surface area contributed by atoms with Crippen LogP contribution in [0.15, 0.2) is 28.8 Å². The van der Waals surface area contributed by atoms with Crippen molar-refractivity contribution in [1.29, 1.82) is 0 Å². The Bertz CT molecular complexity index is 675. The molecular formula is C19H27N3O3. The van der Waals surface area contributed by atoms with Crippen LogP contribution in [-0.2, 0) is 22.6 Å². The first kappa shape index (κ1) is 16.8. The quantitative estimate of drug-likeness (QED) is 0.806. The number of hydrogen-bond acceptors (Lipinski definition) is 5. The molecule has 2 aromatic heterocycles. The minimum atomic E-state index is 0.259. The Kier molecular flexibility index (Phi) is 5.20. The van der Waals surface area contributed by atoms with Gasteiger partial charge in [0.15, 0.2) is 0 Å². The molecule has 0 unspecified atom stereocenters. The number of rotatable bonds is 6. The van der Waals surface area contributed by atoms with Gasteiger partial charge in [0.25, 0.3) is 0 Å². The second-order valence-corrected chi connectivity index (χ2v) is 7.20. The Morgan fingerprint density at radius 3 is 2.88 bits per heavy atom. The number of hydrogen-bond donors (Lipinski definition) is 0. The molecule has 2 aliphatic rings. The molecule has 2 aromatic rings. The average molecular weight is 345 g/mol. The van der Waals surface area contributed by atoms with Gasteiger partial charge in [0.2, 0.25) is 0 Å². The summed E-state index contributed by atoms with van der Waals surface area (Å²) in [5.41, 5.74) is 1.24. The van der Waals surface area contributed by atoms with Gasteiger partial charge in [-0.05, 0) is 43.9 Å². The maximum absolute atomic E-state index is 6.08. The van der Waals surface area contributed by atoms with E-state index in [-0.39, 0.29) is 6.04 Å². The summed E-state index contributed by atoms with van der Waals surface area (Å²) in [6.07, 6.45) is 4.12. The van der Waals surface area contributed by atoms with Crippen molar-refractivity contribution in [3.8, 4) is 0 Å². The fourth-order valence-corrected chi connectivity index (χ4v) is 3.78. The lowest BCUT2D eigenvalue weighted by Crippen LogP contribution is -2.39. The molecule has 0 bridgehead atoms. The summed E-state index contributed by atoms with van der Waals surface area (Å²) in [7, 11) is 0. The number of furan rings is 1. The van der Waals surface area contributed by atoms with E-state index in [4.69, 9.17) is 13.9 Å². The summed E-state index contributed by atoms with van der Waals surface area (Å²) in [6.45, 7) is 7.93. The van der Waals surface area contributed by atoms with Gasteiger partial charge in [0, 0.05) is 39.1 Å². The van der Waals surface area contributed by atoms with E-state index in [1.165, 1.54) is 5.69 Å². The lowest BCUT2D eigenvalue weighted by molar-refractivity contribution is 0.00293. The van der Waals surface area contributed by atoms with Crippen LogP contribution in [0.1, 0.15) is 36.1 Å². The second-order valence-electron chi connectivity index (χ2n) is 7.20. The zero-order valence-electron chi connectivity index (χ0n) is 14.9. The van der Waals surface area contributed by atoms with Gasteiger partial charge in [0.05, 0.1) is 24.9 Å². The van der Waals surface area contributed by atoms with Crippen molar-refractivity contribution in [3.05, 3.63) is 41.6 Å². The highest BCUT2D eigenvalue weighted by Crippen LogP contribution is 2.23. The first-order valence-electron chi connectivity index (χ1n) is 9.23. The molecule has 6 nitrogen and oxygen atoms in total. The maximum Gasteiger partial charge on any atom is 0.118 e. The minimum Gasteiger partial charge on any atom is -0.465 e. The molecule has 0 radical (unpaired) electrons. The zero-order chi connectivity index (χ0) is 17.1. The molecule has 2 aliphatic heterocycles.